The van der Waals surface area contributed by atoms with E-state index in [-0.39, 0.29) is 5.82 Å². The maximum Gasteiger partial charge on any atom is 0.131 e. The maximum absolute atomic E-state index is 13.0. The van der Waals surface area contributed by atoms with Crippen LogP contribution in [-0.2, 0) is 0 Å². The Bertz CT molecular complexity index is 377. The maximum atomic E-state index is 13.0. The highest BCUT2D eigenvalue weighted by Crippen LogP contribution is 2.21. The number of unbranched alkanes of at least 4 members (excludes halogenated alkanes) is 1. The molecule has 0 aliphatic heterocycles. The summed E-state index contributed by atoms with van der Waals surface area (Å²) in [5.74, 6) is 0.0599. The van der Waals surface area contributed by atoms with Crippen molar-refractivity contribution in [3.05, 3.63) is 29.6 Å². The molecular formula is C12H16FNO2. The van der Waals surface area contributed by atoms with Gasteiger partial charge >= 0.3 is 0 Å². The molecule has 16 heavy (non-hydrogen) atoms. The van der Waals surface area contributed by atoms with Crippen molar-refractivity contribution in [1.29, 1.82) is 0 Å². The number of ether oxygens (including phenoxy) is 1. The molecule has 0 atom stereocenters. The van der Waals surface area contributed by atoms with Gasteiger partial charge in [0, 0.05) is 11.6 Å². The summed E-state index contributed by atoms with van der Waals surface area (Å²) in [6, 6.07) is 4.17. The first-order chi connectivity index (χ1) is 7.69. The van der Waals surface area contributed by atoms with E-state index >= 15 is 0 Å². The van der Waals surface area contributed by atoms with Gasteiger partial charge in [-0.3, -0.25) is 0 Å². The average Bonchev–Trinajstić information content (AvgIpc) is 2.29. The predicted octanol–water partition coefficient (Wildman–Crippen LogP) is 3.20. The Balaban J connectivity index is 2.90. The molecule has 0 fully saturated rings. The Morgan fingerprint density at radius 3 is 2.88 bits per heavy atom. The molecule has 0 aliphatic carbocycles. The van der Waals surface area contributed by atoms with Gasteiger partial charge in [0.2, 0.25) is 0 Å². The largest absolute Gasteiger partial charge is 0.493 e. The summed E-state index contributed by atoms with van der Waals surface area (Å²) in [7, 11) is 0. The molecular weight excluding hydrogens is 209 g/mol. The number of oxime groups is 1. The highest BCUT2D eigenvalue weighted by Gasteiger charge is 2.08. The zero-order chi connectivity index (χ0) is 12.0. The number of nitrogens with zero attached hydrogens (tertiary/aromatic N) is 1. The van der Waals surface area contributed by atoms with Crippen molar-refractivity contribution in [2.45, 2.75) is 26.7 Å². The standard InChI is InChI=1S/C12H16FNO2/c1-3-4-7-16-12-8-10(13)5-6-11(12)9(2)14-15/h5-6,8,15H,3-4,7H2,1-2H3. The first kappa shape index (κ1) is 12.5. The van der Waals surface area contributed by atoms with Gasteiger partial charge in [-0.2, -0.15) is 0 Å². The first-order valence-corrected chi connectivity index (χ1v) is 5.30. The van der Waals surface area contributed by atoms with Crippen LogP contribution in [0.3, 0.4) is 0 Å². The van der Waals surface area contributed by atoms with Crippen molar-refractivity contribution in [2.24, 2.45) is 5.16 Å². The van der Waals surface area contributed by atoms with E-state index < -0.39 is 0 Å². The zero-order valence-corrected chi connectivity index (χ0v) is 9.53. The van der Waals surface area contributed by atoms with Crippen LogP contribution in [-0.4, -0.2) is 17.5 Å². The first-order valence-electron chi connectivity index (χ1n) is 5.30. The fraction of sp³-hybridized carbons (Fsp3) is 0.417. The third-order valence-corrected chi connectivity index (χ3v) is 2.24. The molecule has 0 spiro atoms. The van der Waals surface area contributed by atoms with E-state index in [1.807, 2.05) is 0 Å². The molecule has 0 amide bonds. The normalized spacial score (nSPS) is 11.6. The van der Waals surface area contributed by atoms with Crippen LogP contribution >= 0.6 is 0 Å². The van der Waals surface area contributed by atoms with E-state index in [2.05, 4.69) is 12.1 Å². The summed E-state index contributed by atoms with van der Waals surface area (Å²) in [6.07, 6.45) is 1.92. The minimum Gasteiger partial charge on any atom is -0.493 e. The van der Waals surface area contributed by atoms with E-state index in [0.717, 1.165) is 12.8 Å². The summed E-state index contributed by atoms with van der Waals surface area (Å²) in [6.45, 7) is 4.22. The molecule has 0 saturated carbocycles. The van der Waals surface area contributed by atoms with Crippen molar-refractivity contribution in [3.8, 4) is 5.75 Å². The van der Waals surface area contributed by atoms with Gasteiger partial charge in [0.15, 0.2) is 0 Å². The van der Waals surface area contributed by atoms with Gasteiger partial charge < -0.3 is 9.94 Å². The van der Waals surface area contributed by atoms with E-state index in [4.69, 9.17) is 9.94 Å². The van der Waals surface area contributed by atoms with Gasteiger partial charge in [-0.05, 0) is 25.5 Å². The molecule has 0 unspecified atom stereocenters. The van der Waals surface area contributed by atoms with E-state index in [0.29, 0.717) is 23.6 Å². The average molecular weight is 225 g/mol. The minimum absolute atomic E-state index is 0.360. The highest BCUT2D eigenvalue weighted by atomic mass is 19.1. The summed E-state index contributed by atoms with van der Waals surface area (Å²) in [5.41, 5.74) is 1.02. The quantitative estimate of drug-likeness (QED) is 0.362. The molecule has 0 bridgehead atoms. The second-order valence-corrected chi connectivity index (χ2v) is 3.53. The fourth-order valence-electron chi connectivity index (χ4n) is 1.29. The number of halogens is 1. The smallest absolute Gasteiger partial charge is 0.131 e. The van der Waals surface area contributed by atoms with Gasteiger partial charge in [0.25, 0.3) is 0 Å². The Morgan fingerprint density at radius 1 is 1.50 bits per heavy atom. The highest BCUT2D eigenvalue weighted by molar-refractivity contribution is 6.00. The second kappa shape index (κ2) is 6.10. The summed E-state index contributed by atoms with van der Waals surface area (Å²) in [4.78, 5) is 0. The number of rotatable bonds is 5. The third kappa shape index (κ3) is 3.22. The van der Waals surface area contributed by atoms with Crippen LogP contribution in [0.2, 0.25) is 0 Å². The van der Waals surface area contributed by atoms with E-state index in [9.17, 15) is 4.39 Å². The van der Waals surface area contributed by atoms with Crippen LogP contribution in [0, 0.1) is 5.82 Å². The van der Waals surface area contributed by atoms with Crippen molar-refractivity contribution in [1.82, 2.24) is 0 Å². The molecule has 1 aromatic rings. The molecule has 88 valence electrons. The molecule has 0 radical (unpaired) electrons. The second-order valence-electron chi connectivity index (χ2n) is 3.53. The molecule has 0 heterocycles. The number of hydrogen-bond acceptors (Lipinski definition) is 3. The molecule has 0 aliphatic rings. The van der Waals surface area contributed by atoms with Gasteiger partial charge in [-0.15, -0.1) is 0 Å². The van der Waals surface area contributed by atoms with Crippen LogP contribution in [0.5, 0.6) is 5.75 Å². The molecule has 0 saturated heterocycles. The van der Waals surface area contributed by atoms with Gasteiger partial charge in [-0.1, -0.05) is 18.5 Å². The van der Waals surface area contributed by atoms with Gasteiger partial charge in [0.05, 0.1) is 12.3 Å². The summed E-state index contributed by atoms with van der Waals surface area (Å²) in [5, 5.41) is 11.8. The number of hydrogen-bond donors (Lipinski definition) is 1. The SMILES string of the molecule is CCCCOc1cc(F)ccc1C(C)=NO. The van der Waals surface area contributed by atoms with Crippen LogP contribution in [0.15, 0.2) is 23.4 Å². The lowest BCUT2D eigenvalue weighted by Crippen LogP contribution is -2.04. The van der Waals surface area contributed by atoms with Crippen LogP contribution in [0.4, 0.5) is 4.39 Å². The predicted molar refractivity (Wildman–Crippen MR) is 60.8 cm³/mol. The Kier molecular flexibility index (Phi) is 4.76. The molecule has 4 heteroatoms. The van der Waals surface area contributed by atoms with Crippen molar-refractivity contribution in [2.75, 3.05) is 6.61 Å². The summed E-state index contributed by atoms with van der Waals surface area (Å²) < 4.78 is 18.5. The Hall–Kier alpha value is -1.58. The molecule has 1 aromatic carbocycles. The van der Waals surface area contributed by atoms with Crippen LogP contribution in [0.25, 0.3) is 0 Å². The van der Waals surface area contributed by atoms with Crippen molar-refractivity contribution in [3.63, 3.8) is 0 Å². The van der Waals surface area contributed by atoms with E-state index in [1.165, 1.54) is 12.1 Å². The zero-order valence-electron chi connectivity index (χ0n) is 9.53. The Morgan fingerprint density at radius 2 is 2.25 bits per heavy atom. The minimum atomic E-state index is -0.360. The fourth-order valence-corrected chi connectivity index (χ4v) is 1.29. The molecule has 1 N–H and O–H groups in total. The number of benzene rings is 1. The van der Waals surface area contributed by atoms with Crippen LogP contribution < -0.4 is 4.74 Å². The summed E-state index contributed by atoms with van der Waals surface area (Å²) >= 11 is 0. The molecule has 3 nitrogen and oxygen atoms in total. The van der Waals surface area contributed by atoms with Gasteiger partial charge in [-0.25, -0.2) is 4.39 Å². The monoisotopic (exact) mass is 225 g/mol. The third-order valence-electron chi connectivity index (χ3n) is 2.24. The van der Waals surface area contributed by atoms with Gasteiger partial charge in [0.1, 0.15) is 11.6 Å². The van der Waals surface area contributed by atoms with E-state index in [1.54, 1.807) is 13.0 Å². The van der Waals surface area contributed by atoms with Crippen LogP contribution in [0.1, 0.15) is 32.3 Å². The lowest BCUT2D eigenvalue weighted by molar-refractivity contribution is 0.305. The lowest BCUT2D eigenvalue weighted by Gasteiger charge is -2.10. The topological polar surface area (TPSA) is 41.8 Å². The van der Waals surface area contributed by atoms with Crippen molar-refractivity contribution < 1.29 is 14.3 Å². The Labute approximate surface area is 94.5 Å². The lowest BCUT2D eigenvalue weighted by atomic mass is 10.1. The van der Waals surface area contributed by atoms with Crippen molar-refractivity contribution >= 4 is 5.71 Å². The molecule has 1 rings (SSSR count). The molecule has 0 aromatic heterocycles.